The predicted molar refractivity (Wildman–Crippen MR) is 257 cm³/mol. The molecule has 0 saturated carbocycles. The van der Waals surface area contributed by atoms with Crippen molar-refractivity contribution in [3.8, 4) is 0 Å². The summed E-state index contributed by atoms with van der Waals surface area (Å²) in [5.41, 5.74) is 0. The SMILES string of the molecule is CC/C=C\C/C=C\C/C=C\C/C=C\C/C=C\CCCCCCCCCCCC(=O)OC(COCCCCCCCCCCCCCC)COC1OC(CO)C(O)C(OS(=O)(=O)O)C1O. The van der Waals surface area contributed by atoms with Crippen LogP contribution in [-0.2, 0) is 38.3 Å². The summed E-state index contributed by atoms with van der Waals surface area (Å²) in [5.74, 6) is -0.406. The number of ether oxygens (including phenoxy) is 4. The summed E-state index contributed by atoms with van der Waals surface area (Å²) in [6, 6.07) is 0. The van der Waals surface area contributed by atoms with Crippen molar-refractivity contribution in [1.82, 2.24) is 0 Å². The molecule has 0 aromatic rings. The molecule has 6 unspecified atom stereocenters. The van der Waals surface area contributed by atoms with Gasteiger partial charge in [-0.3, -0.25) is 9.35 Å². The molecule has 6 atom stereocenters. The first-order valence-corrected chi connectivity index (χ1v) is 26.4. The number of unbranched alkanes of at least 4 members (excludes halogenated alkanes) is 20. The smallest absolute Gasteiger partial charge is 0.397 e. The third kappa shape index (κ3) is 35.1. The number of carbonyl (C=O) groups excluding carboxylic acids is 1. The third-order valence-corrected chi connectivity index (χ3v) is 11.6. The Labute approximate surface area is 388 Å². The van der Waals surface area contributed by atoms with Crippen molar-refractivity contribution in [1.29, 1.82) is 0 Å². The standard InChI is InChI=1S/C51H90O12S/c1-3-5-7-9-11-13-15-17-18-19-20-21-22-23-24-25-26-27-28-29-30-32-34-36-38-40-47(53)61-45(43-59-41-39-37-35-33-31-16-14-12-10-8-6-4-2)44-60-51-49(55)50(63-64(56,57)58)48(54)46(42-52)62-51/h5,7,11,13,17-18,20-21,23-24,45-46,48-52,54-55H,3-4,6,8-10,12,14-16,19,22,25-44H2,1-2H3,(H,56,57,58)/b7-5-,13-11-,18-17-,21-20-,24-23-. The number of hydrogen-bond acceptors (Lipinski definition) is 11. The Hall–Kier alpha value is -2.20. The van der Waals surface area contributed by atoms with E-state index < -0.39 is 59.8 Å². The minimum absolute atomic E-state index is 0.0336. The summed E-state index contributed by atoms with van der Waals surface area (Å²) in [4.78, 5) is 12.9. The van der Waals surface area contributed by atoms with Crippen molar-refractivity contribution in [3.05, 3.63) is 60.8 Å². The molecule has 13 heteroatoms. The highest BCUT2D eigenvalue weighted by Gasteiger charge is 2.48. The van der Waals surface area contributed by atoms with Crippen LogP contribution in [0.25, 0.3) is 0 Å². The van der Waals surface area contributed by atoms with Gasteiger partial charge in [0.05, 0.1) is 19.8 Å². The fraction of sp³-hybridized carbons (Fsp3) is 0.784. The van der Waals surface area contributed by atoms with Gasteiger partial charge in [0.15, 0.2) is 6.29 Å². The van der Waals surface area contributed by atoms with Crippen LogP contribution < -0.4 is 0 Å². The molecule has 4 N–H and O–H groups in total. The van der Waals surface area contributed by atoms with Crippen molar-refractivity contribution in [2.45, 2.75) is 230 Å². The lowest BCUT2D eigenvalue weighted by atomic mass is 9.99. The quantitative estimate of drug-likeness (QED) is 0.0197. The number of aliphatic hydroxyl groups is 3. The second kappa shape index (κ2) is 42.2. The van der Waals surface area contributed by atoms with Gasteiger partial charge in [-0.15, -0.1) is 0 Å². The fourth-order valence-electron chi connectivity index (χ4n) is 7.41. The monoisotopic (exact) mass is 927 g/mol. The normalized spacial score (nSPS) is 20.2. The maximum absolute atomic E-state index is 12.9. The van der Waals surface area contributed by atoms with Gasteiger partial charge < -0.3 is 34.3 Å². The predicted octanol–water partition coefficient (Wildman–Crippen LogP) is 11.3. The van der Waals surface area contributed by atoms with Gasteiger partial charge in [-0.25, -0.2) is 4.18 Å². The average molecular weight is 927 g/mol. The van der Waals surface area contributed by atoms with Crippen molar-refractivity contribution in [3.63, 3.8) is 0 Å². The van der Waals surface area contributed by atoms with Crippen molar-refractivity contribution >= 4 is 16.4 Å². The highest BCUT2D eigenvalue weighted by atomic mass is 32.3. The lowest BCUT2D eigenvalue weighted by Crippen LogP contribution is -2.60. The molecule has 0 aromatic heterocycles. The van der Waals surface area contributed by atoms with Crippen LogP contribution in [0.3, 0.4) is 0 Å². The van der Waals surface area contributed by atoms with Crippen LogP contribution in [0.4, 0.5) is 0 Å². The molecular formula is C51H90O12S. The minimum Gasteiger partial charge on any atom is -0.457 e. The molecule has 0 aliphatic carbocycles. The molecule has 0 radical (unpaired) electrons. The summed E-state index contributed by atoms with van der Waals surface area (Å²) in [6.45, 7) is 3.87. The van der Waals surface area contributed by atoms with Crippen LogP contribution in [0.2, 0.25) is 0 Å². The van der Waals surface area contributed by atoms with Crippen LogP contribution in [0, 0.1) is 0 Å². The number of rotatable bonds is 43. The van der Waals surface area contributed by atoms with E-state index in [0.717, 1.165) is 77.0 Å². The van der Waals surface area contributed by atoms with Crippen molar-refractivity contribution in [2.75, 3.05) is 26.4 Å². The highest BCUT2D eigenvalue weighted by molar-refractivity contribution is 7.80. The molecule has 1 rings (SSSR count). The topological polar surface area (TPSA) is 178 Å². The molecular weight excluding hydrogens is 837 g/mol. The Morgan fingerprint density at radius 2 is 1.08 bits per heavy atom. The van der Waals surface area contributed by atoms with E-state index in [1.165, 1.54) is 89.9 Å². The van der Waals surface area contributed by atoms with Crippen LogP contribution >= 0.6 is 0 Å². The Kier molecular flexibility index (Phi) is 39.4. The van der Waals surface area contributed by atoms with E-state index in [4.69, 9.17) is 18.9 Å². The maximum Gasteiger partial charge on any atom is 0.397 e. The zero-order chi connectivity index (χ0) is 46.8. The van der Waals surface area contributed by atoms with E-state index >= 15 is 0 Å². The first-order valence-electron chi connectivity index (χ1n) is 25.0. The first-order chi connectivity index (χ1) is 31.1. The Morgan fingerprint density at radius 1 is 0.609 bits per heavy atom. The van der Waals surface area contributed by atoms with Crippen molar-refractivity contribution < 1.29 is 56.2 Å². The van der Waals surface area contributed by atoms with Crippen LogP contribution in [0.1, 0.15) is 194 Å². The Balaban J connectivity index is 2.33. The van der Waals surface area contributed by atoms with E-state index in [1.54, 1.807) is 0 Å². The summed E-state index contributed by atoms with van der Waals surface area (Å²) >= 11 is 0. The van der Waals surface area contributed by atoms with Crippen LogP contribution in [0.5, 0.6) is 0 Å². The third-order valence-electron chi connectivity index (χ3n) is 11.2. The Morgan fingerprint density at radius 3 is 1.58 bits per heavy atom. The number of carbonyl (C=O) groups is 1. The van der Waals surface area contributed by atoms with E-state index in [2.05, 4.69) is 78.8 Å². The molecule has 12 nitrogen and oxygen atoms in total. The second-order valence-corrected chi connectivity index (χ2v) is 18.1. The lowest BCUT2D eigenvalue weighted by Gasteiger charge is -2.41. The van der Waals surface area contributed by atoms with Gasteiger partial charge in [-0.2, -0.15) is 8.42 Å². The van der Waals surface area contributed by atoms with Gasteiger partial charge in [0.1, 0.15) is 30.5 Å². The maximum atomic E-state index is 12.9. The van der Waals surface area contributed by atoms with Gasteiger partial charge >= 0.3 is 16.4 Å². The summed E-state index contributed by atoms with van der Waals surface area (Å²) in [5, 5.41) is 30.7. The lowest BCUT2D eigenvalue weighted by molar-refractivity contribution is -0.301. The van der Waals surface area contributed by atoms with E-state index in [0.29, 0.717) is 13.0 Å². The molecule has 1 saturated heterocycles. The number of hydrogen-bond donors (Lipinski definition) is 4. The zero-order valence-corrected chi connectivity index (χ0v) is 40.6. The van der Waals surface area contributed by atoms with E-state index in [-0.39, 0.29) is 19.6 Å². The van der Waals surface area contributed by atoms with E-state index in [1.807, 2.05) is 0 Å². The minimum atomic E-state index is -5.06. The number of esters is 1. The van der Waals surface area contributed by atoms with Gasteiger partial charge in [-0.05, 0) is 57.8 Å². The number of aliphatic hydroxyl groups excluding tert-OH is 3. The molecule has 1 aliphatic heterocycles. The summed E-state index contributed by atoms with van der Waals surface area (Å²) < 4.78 is 59.1. The molecule has 0 bridgehead atoms. The van der Waals surface area contributed by atoms with Gasteiger partial charge in [0.25, 0.3) is 0 Å². The number of allylic oxidation sites excluding steroid dienone is 10. The second-order valence-electron chi connectivity index (χ2n) is 17.0. The Bertz CT molecular complexity index is 1350. The van der Waals surface area contributed by atoms with Crippen LogP contribution in [-0.4, -0.2) is 97.5 Å². The van der Waals surface area contributed by atoms with Crippen LogP contribution in [0.15, 0.2) is 60.8 Å². The molecule has 0 aromatic carbocycles. The fourth-order valence-corrected chi connectivity index (χ4v) is 7.91. The zero-order valence-electron chi connectivity index (χ0n) is 39.8. The summed E-state index contributed by atoms with van der Waals surface area (Å²) in [6.07, 6.45) is 43.9. The average Bonchev–Trinajstić information content (AvgIpc) is 3.27. The van der Waals surface area contributed by atoms with E-state index in [9.17, 15) is 33.1 Å². The van der Waals surface area contributed by atoms with Gasteiger partial charge in [0, 0.05) is 13.0 Å². The van der Waals surface area contributed by atoms with Gasteiger partial charge in [0.2, 0.25) is 0 Å². The van der Waals surface area contributed by atoms with Gasteiger partial charge in [-0.1, -0.05) is 190 Å². The molecule has 372 valence electrons. The largest absolute Gasteiger partial charge is 0.457 e. The first kappa shape index (κ1) is 59.8. The highest BCUT2D eigenvalue weighted by Crippen LogP contribution is 2.26. The molecule has 1 fully saturated rings. The molecule has 0 amide bonds. The molecule has 1 heterocycles. The molecule has 0 spiro atoms. The molecule has 64 heavy (non-hydrogen) atoms. The van der Waals surface area contributed by atoms with Crippen molar-refractivity contribution in [2.24, 2.45) is 0 Å². The molecule has 1 aliphatic rings. The summed E-state index contributed by atoms with van der Waals surface area (Å²) in [7, 11) is -5.06.